The number of aryl methyl sites for hydroxylation is 1. The predicted octanol–water partition coefficient (Wildman–Crippen LogP) is 5.68. The Labute approximate surface area is 236 Å². The lowest BCUT2D eigenvalue weighted by molar-refractivity contribution is 0.253. The van der Waals surface area contributed by atoms with Crippen molar-refractivity contribution in [2.45, 2.75) is 19.3 Å². The number of ether oxygens (including phenoxy) is 2. The Balaban J connectivity index is 1.20. The van der Waals surface area contributed by atoms with Gasteiger partial charge in [0.1, 0.15) is 17.1 Å². The minimum Gasteiger partial charge on any atom is -0.497 e. The molecule has 0 unspecified atom stereocenters. The standard InChI is InChI=1S/C32H39N5O3/c1-34-32(33)37(31-22-25-10-4-5-13-29(25)40-31)28-21-24(14-15-30(28)39-3)9-6-7-16-35-17-19-36(20-18-35)26-11-8-12-27(23-26)38-2/h4-5,8,10-15,21-23H,6-7,9,16-20H2,1-3H3,(H2,33,34). The summed E-state index contributed by atoms with van der Waals surface area (Å²) in [6, 6.07) is 24.5. The molecule has 5 rings (SSSR count). The first-order chi connectivity index (χ1) is 19.6. The van der Waals surface area contributed by atoms with Crippen LogP contribution in [0.3, 0.4) is 0 Å². The van der Waals surface area contributed by atoms with Crippen LogP contribution < -0.4 is 25.0 Å². The number of nitrogens with zero attached hydrogens (tertiary/aromatic N) is 4. The van der Waals surface area contributed by atoms with Crippen LogP contribution in [-0.4, -0.2) is 64.9 Å². The highest BCUT2D eigenvalue weighted by Gasteiger charge is 2.22. The van der Waals surface area contributed by atoms with Crippen LogP contribution in [0.2, 0.25) is 0 Å². The first kappa shape index (κ1) is 27.4. The van der Waals surface area contributed by atoms with Crippen molar-refractivity contribution in [1.82, 2.24) is 4.90 Å². The van der Waals surface area contributed by atoms with E-state index in [1.165, 1.54) is 11.3 Å². The van der Waals surface area contributed by atoms with Gasteiger partial charge in [-0.1, -0.05) is 30.3 Å². The lowest BCUT2D eigenvalue weighted by atomic mass is 10.1. The van der Waals surface area contributed by atoms with E-state index < -0.39 is 0 Å². The van der Waals surface area contributed by atoms with Crippen molar-refractivity contribution >= 4 is 34.2 Å². The molecule has 8 nitrogen and oxygen atoms in total. The minimum absolute atomic E-state index is 0.336. The molecule has 4 aromatic rings. The highest BCUT2D eigenvalue weighted by molar-refractivity contribution is 6.03. The molecule has 0 saturated carbocycles. The van der Waals surface area contributed by atoms with Crippen molar-refractivity contribution in [1.29, 1.82) is 0 Å². The number of aliphatic imine (C=N–C) groups is 1. The number of unbranched alkanes of at least 4 members (excludes halogenated alkanes) is 1. The molecule has 210 valence electrons. The van der Waals surface area contributed by atoms with Gasteiger partial charge in [-0.25, -0.2) is 4.90 Å². The smallest absolute Gasteiger partial charge is 0.208 e. The molecular formula is C32H39N5O3. The number of furan rings is 1. The molecule has 1 fully saturated rings. The maximum atomic E-state index is 6.39. The van der Waals surface area contributed by atoms with Crippen molar-refractivity contribution in [2.75, 3.05) is 63.8 Å². The van der Waals surface area contributed by atoms with Crippen LogP contribution in [0.5, 0.6) is 11.5 Å². The van der Waals surface area contributed by atoms with E-state index in [0.717, 1.165) is 74.4 Å². The van der Waals surface area contributed by atoms with Gasteiger partial charge in [-0.05, 0) is 61.7 Å². The number of benzene rings is 3. The second kappa shape index (κ2) is 12.8. The van der Waals surface area contributed by atoms with Gasteiger partial charge in [0, 0.05) is 56.4 Å². The molecule has 1 saturated heterocycles. The maximum Gasteiger partial charge on any atom is 0.208 e. The molecule has 0 aliphatic carbocycles. The third-order valence-corrected chi connectivity index (χ3v) is 7.56. The molecule has 0 amide bonds. The summed E-state index contributed by atoms with van der Waals surface area (Å²) in [5.74, 6) is 2.56. The molecule has 0 bridgehead atoms. The summed E-state index contributed by atoms with van der Waals surface area (Å²) < 4.78 is 17.3. The van der Waals surface area contributed by atoms with Gasteiger partial charge in [0.15, 0.2) is 0 Å². The third kappa shape index (κ3) is 6.18. The zero-order valence-corrected chi connectivity index (χ0v) is 23.7. The van der Waals surface area contributed by atoms with Gasteiger partial charge in [-0.2, -0.15) is 0 Å². The molecule has 1 aliphatic heterocycles. The summed E-state index contributed by atoms with van der Waals surface area (Å²) >= 11 is 0. The number of rotatable bonds is 10. The van der Waals surface area contributed by atoms with E-state index in [9.17, 15) is 0 Å². The molecule has 2 N–H and O–H groups in total. The number of fused-ring (bicyclic) bond motifs is 1. The van der Waals surface area contributed by atoms with Crippen LogP contribution in [0.15, 0.2) is 82.2 Å². The van der Waals surface area contributed by atoms with E-state index >= 15 is 0 Å². The summed E-state index contributed by atoms with van der Waals surface area (Å²) in [7, 11) is 5.07. The molecule has 40 heavy (non-hydrogen) atoms. The summed E-state index contributed by atoms with van der Waals surface area (Å²) in [4.78, 5) is 11.1. The molecular weight excluding hydrogens is 502 g/mol. The fraction of sp³-hybridized carbons (Fsp3) is 0.344. The Kier molecular flexibility index (Phi) is 8.76. The second-order valence-electron chi connectivity index (χ2n) is 10.0. The summed E-state index contributed by atoms with van der Waals surface area (Å²) in [5, 5.41) is 1.01. The monoisotopic (exact) mass is 541 g/mol. The molecule has 1 aromatic heterocycles. The number of methoxy groups -OCH3 is 2. The zero-order chi connectivity index (χ0) is 27.9. The summed E-state index contributed by atoms with van der Waals surface area (Å²) in [5.41, 5.74) is 10.5. The SMILES string of the molecule is CN=C(N)N(c1cc2ccccc2o1)c1cc(CCCCN2CCN(c3cccc(OC)c3)CC2)ccc1OC. The fourth-order valence-electron chi connectivity index (χ4n) is 5.30. The molecule has 2 heterocycles. The summed E-state index contributed by atoms with van der Waals surface area (Å²) in [6.07, 6.45) is 3.22. The average Bonchev–Trinajstić information content (AvgIpc) is 3.43. The Morgan fingerprint density at radius 3 is 2.50 bits per heavy atom. The van der Waals surface area contributed by atoms with E-state index in [0.29, 0.717) is 17.6 Å². The number of hydrogen-bond donors (Lipinski definition) is 1. The quantitative estimate of drug-likeness (QED) is 0.157. The van der Waals surface area contributed by atoms with Gasteiger partial charge in [-0.15, -0.1) is 0 Å². The van der Waals surface area contributed by atoms with Crippen LogP contribution in [0.4, 0.5) is 17.3 Å². The number of piperazine rings is 1. The number of guanidine groups is 1. The van der Waals surface area contributed by atoms with Crippen molar-refractivity contribution < 1.29 is 13.9 Å². The third-order valence-electron chi connectivity index (χ3n) is 7.56. The highest BCUT2D eigenvalue weighted by Crippen LogP contribution is 2.37. The van der Waals surface area contributed by atoms with E-state index in [2.05, 4.69) is 45.1 Å². The zero-order valence-electron chi connectivity index (χ0n) is 23.7. The van der Waals surface area contributed by atoms with Gasteiger partial charge in [0.25, 0.3) is 0 Å². The van der Waals surface area contributed by atoms with Crippen molar-refractivity contribution in [3.63, 3.8) is 0 Å². The normalized spacial score (nSPS) is 14.5. The number of anilines is 3. The molecule has 0 radical (unpaired) electrons. The van der Waals surface area contributed by atoms with Gasteiger partial charge >= 0.3 is 0 Å². The molecule has 8 heteroatoms. The molecule has 0 spiro atoms. The summed E-state index contributed by atoms with van der Waals surface area (Å²) in [6.45, 7) is 5.33. The Morgan fingerprint density at radius 2 is 1.75 bits per heavy atom. The van der Waals surface area contributed by atoms with Crippen LogP contribution >= 0.6 is 0 Å². The van der Waals surface area contributed by atoms with Gasteiger partial charge in [-0.3, -0.25) is 9.89 Å². The number of nitrogens with two attached hydrogens (primary N) is 1. The molecule has 3 aromatic carbocycles. The topological polar surface area (TPSA) is 79.7 Å². The lowest BCUT2D eigenvalue weighted by Crippen LogP contribution is -2.46. The van der Waals surface area contributed by atoms with E-state index in [-0.39, 0.29) is 0 Å². The van der Waals surface area contributed by atoms with E-state index in [4.69, 9.17) is 19.6 Å². The number of hydrogen-bond acceptors (Lipinski definition) is 6. The molecule has 0 atom stereocenters. The highest BCUT2D eigenvalue weighted by atomic mass is 16.5. The number of para-hydroxylation sites is 1. The van der Waals surface area contributed by atoms with Gasteiger partial charge < -0.3 is 24.5 Å². The molecule has 1 aliphatic rings. The Hall–Kier alpha value is -4.17. The lowest BCUT2D eigenvalue weighted by Gasteiger charge is -2.36. The Morgan fingerprint density at radius 1 is 0.925 bits per heavy atom. The second-order valence-corrected chi connectivity index (χ2v) is 10.0. The first-order valence-corrected chi connectivity index (χ1v) is 13.9. The van der Waals surface area contributed by atoms with Crippen molar-refractivity contribution in [3.8, 4) is 11.5 Å². The largest absolute Gasteiger partial charge is 0.497 e. The van der Waals surface area contributed by atoms with E-state index in [1.54, 1.807) is 21.3 Å². The van der Waals surface area contributed by atoms with Crippen LogP contribution in [0.1, 0.15) is 18.4 Å². The van der Waals surface area contributed by atoms with Gasteiger partial charge in [0.05, 0.1) is 19.9 Å². The average molecular weight is 542 g/mol. The van der Waals surface area contributed by atoms with Gasteiger partial charge in [0.2, 0.25) is 11.8 Å². The van der Waals surface area contributed by atoms with Crippen LogP contribution in [-0.2, 0) is 6.42 Å². The van der Waals surface area contributed by atoms with Crippen LogP contribution in [0, 0.1) is 0 Å². The maximum absolute atomic E-state index is 6.39. The van der Waals surface area contributed by atoms with Crippen molar-refractivity contribution in [2.24, 2.45) is 10.7 Å². The fourth-order valence-corrected chi connectivity index (χ4v) is 5.30. The Bertz CT molecular complexity index is 1410. The first-order valence-electron chi connectivity index (χ1n) is 13.9. The van der Waals surface area contributed by atoms with E-state index in [1.807, 2.05) is 47.4 Å². The predicted molar refractivity (Wildman–Crippen MR) is 163 cm³/mol. The van der Waals surface area contributed by atoms with Crippen LogP contribution in [0.25, 0.3) is 11.0 Å². The van der Waals surface area contributed by atoms with Crippen molar-refractivity contribution in [3.05, 3.63) is 78.4 Å². The minimum atomic E-state index is 0.336.